The molecule has 1 aliphatic rings. The van der Waals surface area contributed by atoms with Crippen LogP contribution in [0.4, 0.5) is 5.69 Å². The Kier molecular flexibility index (Phi) is 5.10. The van der Waals surface area contributed by atoms with E-state index in [1.807, 2.05) is 30.3 Å². The summed E-state index contributed by atoms with van der Waals surface area (Å²) >= 11 is 0. The molecule has 5 nitrogen and oxygen atoms in total. The van der Waals surface area contributed by atoms with E-state index < -0.39 is 0 Å². The Hall–Kier alpha value is -3.13. The molecule has 1 fully saturated rings. The molecule has 0 spiro atoms. The summed E-state index contributed by atoms with van der Waals surface area (Å²) in [6, 6.07) is 16.4. The van der Waals surface area contributed by atoms with Crippen LogP contribution >= 0.6 is 0 Å². The minimum atomic E-state index is -0.311. The molecule has 126 valence electrons. The number of amides is 1. The highest BCUT2D eigenvalue weighted by Crippen LogP contribution is 2.21. The van der Waals surface area contributed by atoms with E-state index in [0.717, 1.165) is 29.8 Å². The number of carbonyl (C=O) groups is 2. The van der Waals surface area contributed by atoms with E-state index in [1.54, 1.807) is 29.2 Å². The largest absolute Gasteiger partial charge is 0.461 e. The predicted molar refractivity (Wildman–Crippen MR) is 92.7 cm³/mol. The molecular weight excluding hydrogens is 316 g/mol. The molecule has 25 heavy (non-hydrogen) atoms. The average molecular weight is 334 g/mol. The highest BCUT2D eigenvalue weighted by molar-refractivity contribution is 5.95. The van der Waals surface area contributed by atoms with E-state index in [1.165, 1.54) is 0 Å². The Bertz CT molecular complexity index is 804. The van der Waals surface area contributed by atoms with Gasteiger partial charge in [-0.25, -0.2) is 0 Å². The summed E-state index contributed by atoms with van der Waals surface area (Å²) < 4.78 is 5.27. The van der Waals surface area contributed by atoms with Gasteiger partial charge in [0.15, 0.2) is 0 Å². The molecule has 1 heterocycles. The lowest BCUT2D eigenvalue weighted by atomic mass is 10.1. The molecule has 0 radical (unpaired) electrons. The van der Waals surface area contributed by atoms with Gasteiger partial charge in [-0.05, 0) is 41.8 Å². The summed E-state index contributed by atoms with van der Waals surface area (Å²) in [5.41, 5.74) is 3.14. The summed E-state index contributed by atoms with van der Waals surface area (Å²) in [4.78, 5) is 25.5. The summed E-state index contributed by atoms with van der Waals surface area (Å²) in [6.07, 6.45) is 1.68. The van der Waals surface area contributed by atoms with Gasteiger partial charge in [0.25, 0.3) is 0 Å². The Morgan fingerprint density at radius 3 is 2.36 bits per heavy atom. The van der Waals surface area contributed by atoms with Crippen LogP contribution in [-0.2, 0) is 27.4 Å². The lowest BCUT2D eigenvalue weighted by molar-refractivity contribution is -0.144. The maximum atomic E-state index is 12.0. The van der Waals surface area contributed by atoms with Gasteiger partial charge >= 0.3 is 5.97 Å². The molecule has 3 rings (SSSR count). The van der Waals surface area contributed by atoms with Crippen LogP contribution in [0.3, 0.4) is 0 Å². The van der Waals surface area contributed by atoms with Gasteiger partial charge in [0.2, 0.25) is 5.91 Å². The van der Waals surface area contributed by atoms with Crippen LogP contribution in [0, 0.1) is 11.3 Å². The number of anilines is 1. The van der Waals surface area contributed by atoms with E-state index in [2.05, 4.69) is 0 Å². The predicted octanol–water partition coefficient (Wildman–Crippen LogP) is 2.97. The maximum Gasteiger partial charge on any atom is 0.310 e. The van der Waals surface area contributed by atoms with Crippen molar-refractivity contribution in [1.82, 2.24) is 0 Å². The van der Waals surface area contributed by atoms with Crippen molar-refractivity contribution in [3.63, 3.8) is 0 Å². The van der Waals surface area contributed by atoms with Gasteiger partial charge in [-0.3, -0.25) is 9.59 Å². The standard InChI is InChI=1S/C20H18N2O3/c21-13-16-3-5-17(6-4-16)14-25-20(24)12-15-7-9-18(10-8-15)22-11-1-2-19(22)23/h3-10H,1-2,11-12,14H2. The first kappa shape index (κ1) is 16.7. The van der Waals surface area contributed by atoms with Crippen LogP contribution in [0.5, 0.6) is 0 Å². The van der Waals surface area contributed by atoms with Crippen molar-refractivity contribution in [3.8, 4) is 6.07 Å². The fourth-order valence-electron chi connectivity index (χ4n) is 2.77. The monoisotopic (exact) mass is 334 g/mol. The molecular formula is C20H18N2O3. The Morgan fingerprint density at radius 2 is 1.76 bits per heavy atom. The van der Waals surface area contributed by atoms with Crippen molar-refractivity contribution >= 4 is 17.6 Å². The molecule has 1 aliphatic heterocycles. The van der Waals surface area contributed by atoms with Crippen molar-refractivity contribution in [3.05, 3.63) is 65.2 Å². The summed E-state index contributed by atoms with van der Waals surface area (Å²) in [5, 5.41) is 8.76. The number of ether oxygens (including phenoxy) is 1. The average Bonchev–Trinajstić information content (AvgIpc) is 3.07. The number of benzene rings is 2. The first-order valence-electron chi connectivity index (χ1n) is 8.20. The van der Waals surface area contributed by atoms with E-state index in [0.29, 0.717) is 12.0 Å². The zero-order valence-corrected chi connectivity index (χ0v) is 13.8. The number of hydrogen-bond acceptors (Lipinski definition) is 4. The Labute approximate surface area is 146 Å². The second kappa shape index (κ2) is 7.63. The first-order valence-corrected chi connectivity index (χ1v) is 8.20. The van der Waals surface area contributed by atoms with Gasteiger partial charge in [0.1, 0.15) is 6.61 Å². The molecule has 0 atom stereocenters. The van der Waals surface area contributed by atoms with Crippen molar-refractivity contribution < 1.29 is 14.3 Å². The number of nitrogens with zero attached hydrogens (tertiary/aromatic N) is 2. The molecule has 0 bridgehead atoms. The number of esters is 1. The zero-order chi connectivity index (χ0) is 17.6. The van der Waals surface area contributed by atoms with Gasteiger partial charge in [-0.15, -0.1) is 0 Å². The molecule has 1 saturated heterocycles. The SMILES string of the molecule is N#Cc1ccc(COC(=O)Cc2ccc(N3CCCC3=O)cc2)cc1. The van der Waals surface area contributed by atoms with Crippen LogP contribution in [0.15, 0.2) is 48.5 Å². The highest BCUT2D eigenvalue weighted by Gasteiger charge is 2.21. The minimum Gasteiger partial charge on any atom is -0.461 e. The third-order valence-electron chi connectivity index (χ3n) is 4.15. The highest BCUT2D eigenvalue weighted by atomic mass is 16.5. The van der Waals surface area contributed by atoms with Gasteiger partial charge in [0, 0.05) is 18.7 Å². The van der Waals surface area contributed by atoms with Crippen molar-refractivity contribution in [2.75, 3.05) is 11.4 Å². The van der Waals surface area contributed by atoms with E-state index in [-0.39, 0.29) is 24.9 Å². The fraction of sp³-hybridized carbons (Fsp3) is 0.250. The summed E-state index contributed by atoms with van der Waals surface area (Å²) in [5.74, 6) is -0.163. The molecule has 0 aliphatic carbocycles. The lowest BCUT2D eigenvalue weighted by Crippen LogP contribution is -2.23. The first-order chi connectivity index (χ1) is 12.2. The quantitative estimate of drug-likeness (QED) is 0.788. The molecule has 2 aromatic carbocycles. The minimum absolute atomic E-state index is 0.148. The topological polar surface area (TPSA) is 70.4 Å². The molecule has 1 amide bonds. The second-order valence-electron chi connectivity index (χ2n) is 5.96. The van der Waals surface area contributed by atoms with Crippen molar-refractivity contribution in [1.29, 1.82) is 5.26 Å². The molecule has 5 heteroatoms. The van der Waals surface area contributed by atoms with Gasteiger partial charge in [-0.2, -0.15) is 5.26 Å². The van der Waals surface area contributed by atoms with Gasteiger partial charge < -0.3 is 9.64 Å². The fourth-order valence-corrected chi connectivity index (χ4v) is 2.77. The van der Waals surface area contributed by atoms with E-state index in [4.69, 9.17) is 10.00 Å². The second-order valence-corrected chi connectivity index (χ2v) is 5.96. The number of hydrogen-bond donors (Lipinski definition) is 0. The number of rotatable bonds is 5. The van der Waals surface area contributed by atoms with Gasteiger partial charge in [-0.1, -0.05) is 24.3 Å². The molecule has 0 saturated carbocycles. The van der Waals surface area contributed by atoms with E-state index in [9.17, 15) is 9.59 Å². The number of nitriles is 1. The van der Waals surface area contributed by atoms with Crippen LogP contribution in [0.2, 0.25) is 0 Å². The van der Waals surface area contributed by atoms with Crippen LogP contribution < -0.4 is 4.90 Å². The Morgan fingerprint density at radius 1 is 1.08 bits per heavy atom. The van der Waals surface area contributed by atoms with Crippen LogP contribution in [0.1, 0.15) is 29.5 Å². The summed E-state index contributed by atoms with van der Waals surface area (Å²) in [6.45, 7) is 0.940. The zero-order valence-electron chi connectivity index (χ0n) is 13.8. The van der Waals surface area contributed by atoms with Crippen molar-refractivity contribution in [2.45, 2.75) is 25.9 Å². The molecule has 2 aromatic rings. The number of carbonyl (C=O) groups excluding carboxylic acids is 2. The van der Waals surface area contributed by atoms with E-state index >= 15 is 0 Å². The Balaban J connectivity index is 1.52. The smallest absolute Gasteiger partial charge is 0.310 e. The van der Waals surface area contributed by atoms with Crippen molar-refractivity contribution in [2.24, 2.45) is 0 Å². The van der Waals surface area contributed by atoms with Crippen LogP contribution in [0.25, 0.3) is 0 Å². The van der Waals surface area contributed by atoms with Gasteiger partial charge in [0.05, 0.1) is 18.1 Å². The molecule has 0 N–H and O–H groups in total. The third-order valence-corrected chi connectivity index (χ3v) is 4.15. The molecule has 0 aromatic heterocycles. The lowest BCUT2D eigenvalue weighted by Gasteiger charge is -2.15. The summed E-state index contributed by atoms with van der Waals surface area (Å²) in [7, 11) is 0. The third kappa shape index (κ3) is 4.24. The van der Waals surface area contributed by atoms with Crippen LogP contribution in [-0.4, -0.2) is 18.4 Å². The maximum absolute atomic E-state index is 12.0. The normalized spacial score (nSPS) is 13.6. The molecule has 0 unspecified atom stereocenters.